The van der Waals surface area contributed by atoms with Crippen LogP contribution in [0.1, 0.15) is 33.7 Å². The highest BCUT2D eigenvalue weighted by Crippen LogP contribution is 2.31. The number of carbonyl (C=O) groups excluding carboxylic acids is 2. The van der Waals surface area contributed by atoms with Crippen LogP contribution in [0.25, 0.3) is 0 Å². The zero-order valence-corrected chi connectivity index (χ0v) is 19.6. The number of primary amides is 1. The molecule has 1 aliphatic heterocycles. The first-order valence-corrected chi connectivity index (χ1v) is 11.8. The predicted octanol–water partition coefficient (Wildman–Crippen LogP) is 3.46. The summed E-state index contributed by atoms with van der Waals surface area (Å²) in [6, 6.07) is 14.6. The number of amides is 2. The van der Waals surface area contributed by atoms with Crippen molar-refractivity contribution in [2.45, 2.75) is 12.8 Å². The van der Waals surface area contributed by atoms with E-state index in [0.717, 1.165) is 54.4 Å². The van der Waals surface area contributed by atoms with E-state index in [1.54, 1.807) is 31.4 Å². The molecule has 5 N–H and O–H groups in total. The van der Waals surface area contributed by atoms with Gasteiger partial charge in [-0.05, 0) is 67.3 Å². The first-order chi connectivity index (χ1) is 16.5. The first kappa shape index (κ1) is 23.5. The van der Waals surface area contributed by atoms with Crippen LogP contribution in [0.4, 0.5) is 21.5 Å². The Morgan fingerprint density at radius 2 is 1.82 bits per heavy atom. The molecule has 1 fully saturated rings. The van der Waals surface area contributed by atoms with Crippen LogP contribution in [0.2, 0.25) is 0 Å². The van der Waals surface area contributed by atoms with Crippen LogP contribution < -0.4 is 26.0 Å². The number of ether oxygens (including phenoxy) is 1. The molecule has 0 bridgehead atoms. The van der Waals surface area contributed by atoms with Crippen molar-refractivity contribution in [2.24, 2.45) is 11.7 Å². The maximum atomic E-state index is 12.8. The summed E-state index contributed by atoms with van der Waals surface area (Å²) >= 11 is 1.13. The minimum atomic E-state index is -0.726. The molecule has 0 atom stereocenters. The Bertz CT molecular complexity index is 1140. The fourth-order valence-corrected chi connectivity index (χ4v) is 4.68. The molecule has 0 aliphatic carbocycles. The second-order valence-corrected chi connectivity index (χ2v) is 9.03. The minimum Gasteiger partial charge on any atom is -0.497 e. The highest BCUT2D eigenvalue weighted by atomic mass is 32.1. The number of hydrogen-bond acceptors (Lipinski definition) is 8. The van der Waals surface area contributed by atoms with E-state index in [2.05, 4.69) is 20.5 Å². The summed E-state index contributed by atoms with van der Waals surface area (Å²) in [6.07, 6.45) is 1.90. The quantitative estimate of drug-likeness (QED) is 0.388. The number of thiazole rings is 1. The Kier molecular flexibility index (Phi) is 7.29. The molecule has 9 nitrogen and oxygen atoms in total. The molecule has 1 saturated heterocycles. The Morgan fingerprint density at radius 1 is 1.15 bits per heavy atom. The van der Waals surface area contributed by atoms with E-state index in [1.165, 1.54) is 0 Å². The Hall–Kier alpha value is -3.63. The van der Waals surface area contributed by atoms with Gasteiger partial charge in [-0.1, -0.05) is 11.3 Å². The summed E-state index contributed by atoms with van der Waals surface area (Å²) in [6.45, 7) is 1.99. The van der Waals surface area contributed by atoms with E-state index in [0.29, 0.717) is 16.6 Å². The van der Waals surface area contributed by atoms with Crippen LogP contribution in [0.5, 0.6) is 5.75 Å². The van der Waals surface area contributed by atoms with Crippen LogP contribution >= 0.6 is 11.3 Å². The van der Waals surface area contributed by atoms with Gasteiger partial charge in [-0.25, -0.2) is 4.98 Å². The van der Waals surface area contributed by atoms with E-state index in [4.69, 9.17) is 10.5 Å². The van der Waals surface area contributed by atoms with Crippen molar-refractivity contribution >= 4 is 44.7 Å². The Labute approximate surface area is 201 Å². The molecule has 0 unspecified atom stereocenters. The maximum absolute atomic E-state index is 12.8. The molecule has 0 radical (unpaired) electrons. The van der Waals surface area contributed by atoms with Gasteiger partial charge in [0.15, 0.2) is 10.8 Å². The number of piperidine rings is 1. The molecule has 2 aromatic carbocycles. The molecule has 10 heteroatoms. The van der Waals surface area contributed by atoms with Crippen molar-refractivity contribution in [1.82, 2.24) is 4.98 Å². The lowest BCUT2D eigenvalue weighted by Gasteiger charge is -2.32. The van der Waals surface area contributed by atoms with Gasteiger partial charge in [-0.15, -0.1) is 0 Å². The number of anilines is 4. The van der Waals surface area contributed by atoms with E-state index in [1.807, 2.05) is 24.3 Å². The molecular formula is C24H27N5O4S. The van der Waals surface area contributed by atoms with Crippen molar-refractivity contribution in [1.29, 1.82) is 0 Å². The van der Waals surface area contributed by atoms with Gasteiger partial charge in [-0.2, -0.15) is 0 Å². The molecule has 2 heterocycles. The number of hydrogen-bond donors (Lipinski definition) is 4. The number of aliphatic hydroxyl groups is 1. The molecule has 1 aromatic heterocycles. The first-order valence-electron chi connectivity index (χ1n) is 11.0. The lowest BCUT2D eigenvalue weighted by molar-refractivity contribution is 0.0997. The Morgan fingerprint density at radius 3 is 2.41 bits per heavy atom. The average Bonchev–Trinajstić information content (AvgIpc) is 3.27. The van der Waals surface area contributed by atoms with Crippen LogP contribution in [0, 0.1) is 5.92 Å². The normalized spacial score (nSPS) is 14.0. The van der Waals surface area contributed by atoms with Crippen molar-refractivity contribution in [3.05, 3.63) is 59.8 Å². The minimum absolute atomic E-state index is 0.00210. The standard InChI is InChI=1S/C24H27N5O4S/c1-33-19-8-4-17(5-9-19)26-24-27-20(21(25)31)23(34-24)28-22(32)16-2-6-18(7-3-16)29-12-10-15(14-30)11-13-29/h2-9,15,30H,10-14H2,1H3,(H2,25,31)(H,26,27)(H,28,32). The molecule has 34 heavy (non-hydrogen) atoms. The molecular weight excluding hydrogens is 454 g/mol. The number of nitrogens with zero attached hydrogens (tertiary/aromatic N) is 2. The third-order valence-corrected chi connectivity index (χ3v) is 6.68. The summed E-state index contributed by atoms with van der Waals surface area (Å²) < 4.78 is 5.15. The van der Waals surface area contributed by atoms with Crippen molar-refractivity contribution in [3.8, 4) is 5.75 Å². The number of nitrogens with two attached hydrogens (primary N) is 1. The van der Waals surface area contributed by atoms with Gasteiger partial charge < -0.3 is 31.1 Å². The van der Waals surface area contributed by atoms with Crippen molar-refractivity contribution < 1.29 is 19.4 Å². The fraction of sp³-hybridized carbons (Fsp3) is 0.292. The van der Waals surface area contributed by atoms with Gasteiger partial charge in [0.2, 0.25) is 0 Å². The average molecular weight is 482 g/mol. The van der Waals surface area contributed by atoms with E-state index < -0.39 is 5.91 Å². The van der Waals surface area contributed by atoms with E-state index >= 15 is 0 Å². The summed E-state index contributed by atoms with van der Waals surface area (Å²) in [5.74, 6) is 0.00373. The number of nitrogens with one attached hydrogen (secondary N) is 2. The molecule has 178 valence electrons. The fourth-order valence-electron chi connectivity index (χ4n) is 3.80. The summed E-state index contributed by atoms with van der Waals surface area (Å²) in [5.41, 5.74) is 7.73. The molecule has 3 aromatic rings. The highest BCUT2D eigenvalue weighted by Gasteiger charge is 2.21. The molecule has 4 rings (SSSR count). The predicted molar refractivity (Wildman–Crippen MR) is 133 cm³/mol. The molecule has 2 amide bonds. The van der Waals surface area contributed by atoms with Gasteiger partial charge in [0.05, 0.1) is 7.11 Å². The van der Waals surface area contributed by atoms with Gasteiger partial charge in [0.25, 0.3) is 11.8 Å². The monoisotopic (exact) mass is 481 g/mol. The van der Waals surface area contributed by atoms with E-state index in [-0.39, 0.29) is 23.2 Å². The molecule has 1 aliphatic rings. The summed E-state index contributed by atoms with van der Waals surface area (Å²) in [5, 5.41) is 15.9. The van der Waals surface area contributed by atoms with Crippen LogP contribution in [-0.4, -0.2) is 48.7 Å². The number of carbonyl (C=O) groups is 2. The number of aliphatic hydroxyl groups excluding tert-OH is 1. The van der Waals surface area contributed by atoms with Gasteiger partial charge in [-0.3, -0.25) is 9.59 Å². The number of methoxy groups -OCH3 is 1. The maximum Gasteiger partial charge on any atom is 0.270 e. The summed E-state index contributed by atoms with van der Waals surface area (Å²) in [7, 11) is 1.59. The van der Waals surface area contributed by atoms with Crippen molar-refractivity contribution in [2.75, 3.05) is 42.3 Å². The lowest BCUT2D eigenvalue weighted by Crippen LogP contribution is -2.34. The number of benzene rings is 2. The smallest absolute Gasteiger partial charge is 0.270 e. The Balaban J connectivity index is 1.44. The lowest BCUT2D eigenvalue weighted by atomic mass is 9.97. The molecule has 0 spiro atoms. The third kappa shape index (κ3) is 5.46. The zero-order valence-electron chi connectivity index (χ0n) is 18.8. The van der Waals surface area contributed by atoms with Gasteiger partial charge in [0.1, 0.15) is 10.8 Å². The zero-order chi connectivity index (χ0) is 24.1. The highest BCUT2D eigenvalue weighted by molar-refractivity contribution is 7.20. The second kappa shape index (κ2) is 10.5. The second-order valence-electron chi connectivity index (χ2n) is 8.03. The largest absolute Gasteiger partial charge is 0.497 e. The summed E-state index contributed by atoms with van der Waals surface area (Å²) in [4.78, 5) is 31.2. The number of rotatable bonds is 8. The van der Waals surface area contributed by atoms with Gasteiger partial charge in [0, 0.05) is 36.6 Å². The van der Waals surface area contributed by atoms with Crippen LogP contribution in [-0.2, 0) is 0 Å². The van der Waals surface area contributed by atoms with Crippen LogP contribution in [0.15, 0.2) is 48.5 Å². The SMILES string of the molecule is COc1ccc(Nc2nc(C(N)=O)c(NC(=O)c3ccc(N4CCC(CO)CC4)cc3)s2)cc1. The van der Waals surface area contributed by atoms with Crippen molar-refractivity contribution in [3.63, 3.8) is 0 Å². The molecule has 0 saturated carbocycles. The van der Waals surface area contributed by atoms with E-state index in [9.17, 15) is 14.7 Å². The number of aromatic nitrogens is 1. The third-order valence-electron chi connectivity index (χ3n) is 5.80. The topological polar surface area (TPSA) is 130 Å². The van der Waals surface area contributed by atoms with Gasteiger partial charge >= 0.3 is 0 Å². The van der Waals surface area contributed by atoms with Crippen LogP contribution in [0.3, 0.4) is 0 Å².